The van der Waals surface area contributed by atoms with Crippen LogP contribution in [-0.2, 0) is 6.42 Å². The third-order valence-electron chi connectivity index (χ3n) is 4.35. The maximum Gasteiger partial charge on any atom is 0.122 e. The van der Waals surface area contributed by atoms with Crippen LogP contribution in [0.3, 0.4) is 0 Å². The quantitative estimate of drug-likeness (QED) is 0.826. The Morgan fingerprint density at radius 2 is 2.12 bits per heavy atom. The third-order valence-corrected chi connectivity index (χ3v) is 4.35. The second-order valence-electron chi connectivity index (χ2n) is 5.23. The van der Waals surface area contributed by atoms with Crippen LogP contribution < -0.4 is 4.74 Å². The normalized spacial score (nSPS) is 27.8. The van der Waals surface area contributed by atoms with Crippen LogP contribution >= 0.6 is 0 Å². The first-order valence-electron chi connectivity index (χ1n) is 6.11. The summed E-state index contributed by atoms with van der Waals surface area (Å²) in [4.78, 5) is 0. The van der Waals surface area contributed by atoms with Crippen LogP contribution in [0.4, 0.5) is 0 Å². The van der Waals surface area contributed by atoms with Crippen molar-refractivity contribution in [1.29, 1.82) is 0 Å². The molecule has 2 heteroatoms. The van der Waals surface area contributed by atoms with E-state index < -0.39 is 0 Å². The minimum absolute atomic E-state index is 0.146. The lowest BCUT2D eigenvalue weighted by Gasteiger charge is -2.33. The van der Waals surface area contributed by atoms with E-state index >= 15 is 0 Å². The fourth-order valence-electron chi connectivity index (χ4n) is 3.01. The Balaban J connectivity index is 1.83. The average molecular weight is 218 g/mol. The smallest absolute Gasteiger partial charge is 0.122 e. The van der Waals surface area contributed by atoms with Crippen LogP contribution in [0.25, 0.3) is 0 Å². The van der Waals surface area contributed by atoms with Gasteiger partial charge in [0.1, 0.15) is 5.75 Å². The van der Waals surface area contributed by atoms with Crippen LogP contribution in [0, 0.1) is 11.3 Å². The Kier molecular flexibility index (Phi) is 2.21. The minimum atomic E-state index is -0.202. The molecule has 1 aliphatic carbocycles. The Labute approximate surface area is 96.2 Å². The predicted octanol–water partition coefficient (Wildman–Crippen LogP) is 2.40. The Morgan fingerprint density at radius 3 is 2.81 bits per heavy atom. The van der Waals surface area contributed by atoms with E-state index in [2.05, 4.69) is 12.1 Å². The number of rotatable bonds is 2. The summed E-state index contributed by atoms with van der Waals surface area (Å²) < 4.78 is 5.80. The van der Waals surface area contributed by atoms with Crippen molar-refractivity contribution in [3.05, 3.63) is 29.8 Å². The monoisotopic (exact) mass is 218 g/mol. The maximum absolute atomic E-state index is 9.89. The number of aliphatic hydroxyl groups excluding tert-OH is 1. The molecule has 0 amide bonds. The molecule has 2 atom stereocenters. The molecular formula is C14H18O2. The maximum atomic E-state index is 9.89. The van der Waals surface area contributed by atoms with Gasteiger partial charge in [0.05, 0.1) is 12.7 Å². The zero-order valence-electron chi connectivity index (χ0n) is 9.65. The fourth-order valence-corrected chi connectivity index (χ4v) is 3.01. The third kappa shape index (κ3) is 1.44. The van der Waals surface area contributed by atoms with E-state index in [0.29, 0.717) is 5.92 Å². The van der Waals surface area contributed by atoms with Crippen LogP contribution in [0.5, 0.6) is 5.75 Å². The average Bonchev–Trinajstić information content (AvgIpc) is 3.09. The summed E-state index contributed by atoms with van der Waals surface area (Å²) in [5.41, 5.74) is 1.44. The van der Waals surface area contributed by atoms with Gasteiger partial charge in [-0.1, -0.05) is 18.2 Å². The van der Waals surface area contributed by atoms with Crippen LogP contribution in [0.15, 0.2) is 24.3 Å². The predicted molar refractivity (Wildman–Crippen MR) is 62.5 cm³/mol. The first-order valence-corrected chi connectivity index (χ1v) is 6.11. The molecule has 2 nitrogen and oxygen atoms in total. The molecule has 1 aromatic rings. The van der Waals surface area contributed by atoms with Crippen molar-refractivity contribution in [3.63, 3.8) is 0 Å². The highest BCUT2D eigenvalue weighted by atomic mass is 16.5. The van der Waals surface area contributed by atoms with Gasteiger partial charge < -0.3 is 9.84 Å². The lowest BCUT2D eigenvalue weighted by molar-refractivity contribution is 0.0408. The van der Waals surface area contributed by atoms with E-state index in [1.807, 2.05) is 19.1 Å². The molecule has 2 aliphatic rings. The summed E-state index contributed by atoms with van der Waals surface area (Å²) in [5.74, 6) is 1.52. The zero-order valence-corrected chi connectivity index (χ0v) is 9.65. The van der Waals surface area contributed by atoms with Crippen molar-refractivity contribution >= 4 is 0 Å². The van der Waals surface area contributed by atoms with Gasteiger partial charge in [-0.05, 0) is 37.8 Å². The van der Waals surface area contributed by atoms with Crippen LogP contribution in [0.1, 0.15) is 25.3 Å². The number of hydrogen-bond donors (Lipinski definition) is 1. The van der Waals surface area contributed by atoms with E-state index in [0.717, 1.165) is 31.6 Å². The summed E-state index contributed by atoms with van der Waals surface area (Å²) in [5, 5.41) is 9.89. The molecule has 86 valence electrons. The second-order valence-corrected chi connectivity index (χ2v) is 5.23. The van der Waals surface area contributed by atoms with Gasteiger partial charge in [0, 0.05) is 11.3 Å². The van der Waals surface area contributed by atoms with E-state index in [-0.39, 0.29) is 11.5 Å². The standard InChI is InChI=1S/C14H18O2/c1-10(15)14(6-7-14)12-8-11-4-2-3-5-13(11)16-9-12/h2-5,10,12,15H,6-9H2,1H3. The molecule has 1 aromatic carbocycles. The molecule has 3 rings (SSSR count). The van der Waals surface area contributed by atoms with E-state index in [1.165, 1.54) is 5.56 Å². The molecule has 1 aliphatic heterocycles. The summed E-state index contributed by atoms with van der Waals surface area (Å²) in [7, 11) is 0. The first-order chi connectivity index (χ1) is 7.72. The highest BCUT2D eigenvalue weighted by molar-refractivity contribution is 5.35. The van der Waals surface area contributed by atoms with Gasteiger partial charge in [-0.25, -0.2) is 0 Å². The summed E-state index contributed by atoms with van der Waals surface area (Å²) in [6.45, 7) is 2.69. The molecule has 1 saturated carbocycles. The molecule has 16 heavy (non-hydrogen) atoms. The van der Waals surface area contributed by atoms with E-state index in [4.69, 9.17) is 4.74 Å². The van der Waals surface area contributed by atoms with Crippen LogP contribution in [-0.4, -0.2) is 17.8 Å². The van der Waals surface area contributed by atoms with Gasteiger partial charge >= 0.3 is 0 Å². The SMILES string of the molecule is CC(O)C1(C2COc3ccccc3C2)CC1. The summed E-state index contributed by atoms with van der Waals surface area (Å²) in [6.07, 6.45) is 3.16. The van der Waals surface area contributed by atoms with Crippen molar-refractivity contribution in [2.45, 2.75) is 32.3 Å². The number of fused-ring (bicyclic) bond motifs is 1. The zero-order chi connectivity index (χ0) is 11.2. The summed E-state index contributed by atoms with van der Waals surface area (Å²) >= 11 is 0. The second kappa shape index (κ2) is 3.49. The molecule has 1 heterocycles. The lowest BCUT2D eigenvalue weighted by atomic mass is 9.80. The molecule has 0 spiro atoms. The van der Waals surface area contributed by atoms with Crippen LogP contribution in [0.2, 0.25) is 0 Å². The number of benzene rings is 1. The Morgan fingerprint density at radius 1 is 1.38 bits per heavy atom. The fraction of sp³-hybridized carbons (Fsp3) is 0.571. The van der Waals surface area contributed by atoms with Gasteiger partial charge in [-0.2, -0.15) is 0 Å². The molecule has 0 radical (unpaired) electrons. The molecule has 1 fully saturated rings. The van der Waals surface area contributed by atoms with E-state index in [1.54, 1.807) is 0 Å². The van der Waals surface area contributed by atoms with Crippen molar-refractivity contribution in [3.8, 4) is 5.75 Å². The molecule has 0 saturated heterocycles. The van der Waals surface area contributed by atoms with E-state index in [9.17, 15) is 5.11 Å². The van der Waals surface area contributed by atoms with Gasteiger partial charge in [-0.3, -0.25) is 0 Å². The van der Waals surface area contributed by atoms with Crippen molar-refractivity contribution in [2.75, 3.05) is 6.61 Å². The van der Waals surface area contributed by atoms with Crippen molar-refractivity contribution < 1.29 is 9.84 Å². The largest absolute Gasteiger partial charge is 0.493 e. The Bertz CT molecular complexity index is 393. The number of para-hydroxylation sites is 1. The lowest BCUT2D eigenvalue weighted by Crippen LogP contribution is -2.35. The van der Waals surface area contributed by atoms with Gasteiger partial charge in [0.25, 0.3) is 0 Å². The molecule has 1 N–H and O–H groups in total. The van der Waals surface area contributed by atoms with Gasteiger partial charge in [0.15, 0.2) is 0 Å². The molecule has 0 aromatic heterocycles. The van der Waals surface area contributed by atoms with Gasteiger partial charge in [0.2, 0.25) is 0 Å². The topological polar surface area (TPSA) is 29.5 Å². The number of ether oxygens (including phenoxy) is 1. The molecular weight excluding hydrogens is 200 g/mol. The highest BCUT2D eigenvalue weighted by Gasteiger charge is 2.53. The van der Waals surface area contributed by atoms with Gasteiger partial charge in [-0.15, -0.1) is 0 Å². The minimum Gasteiger partial charge on any atom is -0.493 e. The molecule has 0 bridgehead atoms. The van der Waals surface area contributed by atoms with Crippen molar-refractivity contribution in [2.24, 2.45) is 11.3 Å². The van der Waals surface area contributed by atoms with Crippen molar-refractivity contribution in [1.82, 2.24) is 0 Å². The number of aliphatic hydroxyl groups is 1. The Hall–Kier alpha value is -1.02. The number of hydrogen-bond acceptors (Lipinski definition) is 2. The molecule has 2 unspecified atom stereocenters. The first kappa shape index (κ1) is 10.2. The highest BCUT2D eigenvalue weighted by Crippen LogP contribution is 2.56. The summed E-state index contributed by atoms with van der Waals surface area (Å²) in [6, 6.07) is 8.25.